The van der Waals surface area contributed by atoms with E-state index in [1.54, 1.807) is 0 Å². The van der Waals surface area contributed by atoms with E-state index < -0.39 is 0 Å². The first-order valence-corrected chi connectivity index (χ1v) is 6.02. The normalized spacial score (nSPS) is 18.6. The van der Waals surface area contributed by atoms with Crippen LogP contribution in [0.5, 0.6) is 0 Å². The minimum atomic E-state index is -0.127. The van der Waals surface area contributed by atoms with E-state index in [0.29, 0.717) is 13.2 Å². The summed E-state index contributed by atoms with van der Waals surface area (Å²) in [6.45, 7) is 3.64. The van der Waals surface area contributed by atoms with Crippen LogP contribution in [0.1, 0.15) is 26.2 Å². The Kier molecular flexibility index (Phi) is 4.74. The second kappa shape index (κ2) is 5.64. The van der Waals surface area contributed by atoms with Gasteiger partial charge in [-0.3, -0.25) is 9.69 Å². The van der Waals surface area contributed by atoms with Crippen LogP contribution in [-0.2, 0) is 9.53 Å². The number of ether oxygens (including phenoxy) is 1. The van der Waals surface area contributed by atoms with Crippen molar-refractivity contribution in [1.29, 1.82) is 0 Å². The summed E-state index contributed by atoms with van der Waals surface area (Å²) in [5, 5.41) is 0. The van der Waals surface area contributed by atoms with Gasteiger partial charge in [-0.25, -0.2) is 0 Å². The van der Waals surface area contributed by atoms with Gasteiger partial charge in [0, 0.05) is 12.1 Å². The number of likely N-dealkylation sites (N-methyl/N-ethyl adjacent to an activating group) is 2. The van der Waals surface area contributed by atoms with E-state index in [4.69, 9.17) is 4.74 Å². The lowest BCUT2D eigenvalue weighted by Crippen LogP contribution is -2.57. The zero-order valence-electron chi connectivity index (χ0n) is 11.0. The van der Waals surface area contributed by atoms with Crippen LogP contribution in [0, 0.1) is 0 Å². The van der Waals surface area contributed by atoms with Crippen LogP contribution in [0.2, 0.25) is 0 Å². The highest BCUT2D eigenvalue weighted by atomic mass is 16.5. The van der Waals surface area contributed by atoms with Crippen molar-refractivity contribution in [3.8, 4) is 0 Å². The van der Waals surface area contributed by atoms with Gasteiger partial charge >= 0.3 is 5.97 Å². The zero-order valence-corrected chi connectivity index (χ0v) is 11.0. The first-order chi connectivity index (χ1) is 7.50. The maximum atomic E-state index is 11.3. The molecule has 0 aliphatic heterocycles. The quantitative estimate of drug-likeness (QED) is 0.634. The minimum absolute atomic E-state index is 0.127. The number of hydrogen-bond donors (Lipinski definition) is 0. The van der Waals surface area contributed by atoms with Gasteiger partial charge in [-0.1, -0.05) is 0 Å². The van der Waals surface area contributed by atoms with Gasteiger partial charge in [0.05, 0.1) is 13.2 Å². The lowest BCUT2D eigenvalue weighted by atomic mass is 9.75. The van der Waals surface area contributed by atoms with E-state index in [9.17, 15) is 4.79 Å². The SMILES string of the molecule is CCOC(=O)CN(C)CC1(N(C)C)CCC1. The van der Waals surface area contributed by atoms with Crippen molar-refractivity contribution in [2.24, 2.45) is 0 Å². The Morgan fingerprint density at radius 1 is 1.31 bits per heavy atom. The van der Waals surface area contributed by atoms with Crippen LogP contribution in [0.15, 0.2) is 0 Å². The predicted molar refractivity (Wildman–Crippen MR) is 64.4 cm³/mol. The molecule has 0 spiro atoms. The van der Waals surface area contributed by atoms with Crippen molar-refractivity contribution in [1.82, 2.24) is 9.80 Å². The summed E-state index contributed by atoms with van der Waals surface area (Å²) >= 11 is 0. The Morgan fingerprint density at radius 3 is 2.31 bits per heavy atom. The fourth-order valence-corrected chi connectivity index (χ4v) is 2.32. The number of carbonyl (C=O) groups excluding carboxylic acids is 1. The summed E-state index contributed by atoms with van der Waals surface area (Å²) in [5.74, 6) is -0.127. The molecule has 1 aliphatic rings. The lowest BCUT2D eigenvalue weighted by molar-refractivity contribution is -0.144. The maximum absolute atomic E-state index is 11.3. The average Bonchev–Trinajstić information content (AvgIpc) is 2.10. The number of hydrogen-bond acceptors (Lipinski definition) is 4. The highest BCUT2D eigenvalue weighted by Gasteiger charge is 2.39. The van der Waals surface area contributed by atoms with Crippen molar-refractivity contribution in [2.75, 3.05) is 40.8 Å². The molecule has 0 N–H and O–H groups in total. The second-order valence-corrected chi connectivity index (χ2v) is 4.95. The number of carbonyl (C=O) groups is 1. The Morgan fingerprint density at radius 2 is 1.94 bits per heavy atom. The van der Waals surface area contributed by atoms with Gasteiger partial charge in [-0.05, 0) is 47.3 Å². The summed E-state index contributed by atoms with van der Waals surface area (Å²) < 4.78 is 4.94. The van der Waals surface area contributed by atoms with Crippen molar-refractivity contribution >= 4 is 5.97 Å². The lowest BCUT2D eigenvalue weighted by Gasteiger charge is -2.49. The highest BCUT2D eigenvalue weighted by Crippen LogP contribution is 2.36. The molecule has 0 aromatic rings. The molecule has 0 bridgehead atoms. The van der Waals surface area contributed by atoms with E-state index in [-0.39, 0.29) is 11.5 Å². The molecule has 0 radical (unpaired) electrons. The third kappa shape index (κ3) is 3.19. The second-order valence-electron chi connectivity index (χ2n) is 4.95. The molecule has 1 saturated carbocycles. The van der Waals surface area contributed by atoms with Crippen molar-refractivity contribution in [3.63, 3.8) is 0 Å². The van der Waals surface area contributed by atoms with Gasteiger partial charge in [0.1, 0.15) is 0 Å². The number of rotatable bonds is 6. The van der Waals surface area contributed by atoms with Gasteiger partial charge < -0.3 is 9.64 Å². The van der Waals surface area contributed by atoms with E-state index in [1.807, 2.05) is 14.0 Å². The van der Waals surface area contributed by atoms with E-state index in [2.05, 4.69) is 23.9 Å². The Labute approximate surface area is 98.5 Å². The number of esters is 1. The zero-order chi connectivity index (χ0) is 12.2. The molecular formula is C12H24N2O2. The van der Waals surface area contributed by atoms with Crippen molar-refractivity contribution in [2.45, 2.75) is 31.7 Å². The van der Waals surface area contributed by atoms with Gasteiger partial charge in [0.25, 0.3) is 0 Å². The molecule has 0 heterocycles. The first kappa shape index (κ1) is 13.5. The molecule has 0 atom stereocenters. The molecule has 1 fully saturated rings. The van der Waals surface area contributed by atoms with Crippen LogP contribution in [0.25, 0.3) is 0 Å². The molecule has 4 nitrogen and oxygen atoms in total. The fourth-order valence-electron chi connectivity index (χ4n) is 2.32. The first-order valence-electron chi connectivity index (χ1n) is 6.02. The molecule has 0 saturated heterocycles. The Balaban J connectivity index is 2.38. The molecule has 1 aliphatic carbocycles. The smallest absolute Gasteiger partial charge is 0.320 e. The van der Waals surface area contributed by atoms with E-state index in [1.165, 1.54) is 19.3 Å². The third-order valence-electron chi connectivity index (χ3n) is 3.50. The van der Waals surface area contributed by atoms with Crippen LogP contribution in [-0.4, -0.2) is 62.1 Å². The Hall–Kier alpha value is -0.610. The van der Waals surface area contributed by atoms with Crippen LogP contribution >= 0.6 is 0 Å². The predicted octanol–water partition coefficient (Wildman–Crippen LogP) is 0.966. The van der Waals surface area contributed by atoms with Crippen molar-refractivity contribution in [3.05, 3.63) is 0 Å². The summed E-state index contributed by atoms with van der Waals surface area (Å²) in [6.07, 6.45) is 3.76. The summed E-state index contributed by atoms with van der Waals surface area (Å²) in [4.78, 5) is 15.7. The minimum Gasteiger partial charge on any atom is -0.465 e. The molecule has 0 aromatic carbocycles. The molecule has 1 rings (SSSR count). The van der Waals surface area contributed by atoms with Gasteiger partial charge in [-0.2, -0.15) is 0 Å². The largest absolute Gasteiger partial charge is 0.465 e. The Bertz CT molecular complexity index is 237. The van der Waals surface area contributed by atoms with Crippen molar-refractivity contribution < 1.29 is 9.53 Å². The van der Waals surface area contributed by atoms with Crippen LogP contribution < -0.4 is 0 Å². The summed E-state index contributed by atoms with van der Waals surface area (Å²) in [7, 11) is 6.23. The fraction of sp³-hybridized carbons (Fsp3) is 0.917. The van der Waals surface area contributed by atoms with Gasteiger partial charge in [-0.15, -0.1) is 0 Å². The van der Waals surface area contributed by atoms with Crippen LogP contribution in [0.3, 0.4) is 0 Å². The summed E-state index contributed by atoms with van der Waals surface area (Å²) in [6, 6.07) is 0. The topological polar surface area (TPSA) is 32.8 Å². The van der Waals surface area contributed by atoms with E-state index >= 15 is 0 Å². The standard InChI is InChI=1S/C12H24N2O2/c1-5-16-11(15)9-14(4)10-12(13(2)3)7-6-8-12/h5-10H2,1-4H3. The molecule has 0 amide bonds. The molecule has 0 unspecified atom stereocenters. The number of nitrogens with zero attached hydrogens (tertiary/aromatic N) is 2. The molecular weight excluding hydrogens is 204 g/mol. The van der Waals surface area contributed by atoms with Crippen LogP contribution in [0.4, 0.5) is 0 Å². The maximum Gasteiger partial charge on any atom is 0.320 e. The third-order valence-corrected chi connectivity index (χ3v) is 3.50. The average molecular weight is 228 g/mol. The van der Waals surface area contributed by atoms with Gasteiger partial charge in [0.2, 0.25) is 0 Å². The highest BCUT2D eigenvalue weighted by molar-refractivity contribution is 5.71. The molecule has 4 heteroatoms. The van der Waals surface area contributed by atoms with Gasteiger partial charge in [0.15, 0.2) is 0 Å². The summed E-state index contributed by atoms with van der Waals surface area (Å²) in [5.41, 5.74) is 0.279. The molecule has 94 valence electrons. The van der Waals surface area contributed by atoms with E-state index in [0.717, 1.165) is 6.54 Å². The molecule has 0 aromatic heterocycles. The molecule has 16 heavy (non-hydrogen) atoms. The monoisotopic (exact) mass is 228 g/mol.